The molecular weight excluding hydrogens is 391 g/mol. The van der Waals surface area contributed by atoms with Gasteiger partial charge in [-0.2, -0.15) is 0 Å². The molecule has 0 aromatic heterocycles. The van der Waals surface area contributed by atoms with Crippen LogP contribution in [0.25, 0.3) is 10.8 Å². The van der Waals surface area contributed by atoms with E-state index in [4.69, 9.17) is 34.8 Å². The second-order valence-electron chi connectivity index (χ2n) is 6.38. The molecule has 1 amide bonds. The number of hydrogen-bond acceptors (Lipinski definition) is 2. The van der Waals surface area contributed by atoms with Crippen molar-refractivity contribution in [2.24, 2.45) is 0 Å². The summed E-state index contributed by atoms with van der Waals surface area (Å²) < 4.78 is -1.67. The number of benzene rings is 2. The molecule has 0 radical (unpaired) electrons. The lowest BCUT2D eigenvalue weighted by Crippen LogP contribution is -2.49. The first kappa shape index (κ1) is 21.1. The number of halogens is 3. The Labute approximate surface area is 170 Å². The average molecular weight is 416 g/mol. The third kappa shape index (κ3) is 6.53. The topological polar surface area (TPSA) is 41.1 Å². The van der Waals surface area contributed by atoms with Crippen LogP contribution in [-0.2, 0) is 4.79 Å². The molecule has 0 saturated heterocycles. The molecule has 0 aliphatic rings. The zero-order valence-electron chi connectivity index (χ0n) is 14.9. The Bertz CT molecular complexity index is 710. The van der Waals surface area contributed by atoms with Crippen molar-refractivity contribution in [3.05, 3.63) is 42.5 Å². The molecule has 0 aliphatic heterocycles. The molecule has 1 atom stereocenters. The number of amides is 1. The van der Waals surface area contributed by atoms with Crippen LogP contribution in [0.3, 0.4) is 0 Å². The summed E-state index contributed by atoms with van der Waals surface area (Å²) in [5.41, 5.74) is 0.808. The first-order chi connectivity index (χ1) is 12.4. The van der Waals surface area contributed by atoms with Gasteiger partial charge in [0.2, 0.25) is 9.70 Å². The number of anilines is 1. The minimum Gasteiger partial charge on any atom is -0.361 e. The number of rotatable bonds is 9. The van der Waals surface area contributed by atoms with Crippen LogP contribution < -0.4 is 10.6 Å². The Morgan fingerprint density at radius 3 is 2.42 bits per heavy atom. The van der Waals surface area contributed by atoms with Crippen molar-refractivity contribution in [3.8, 4) is 0 Å². The van der Waals surface area contributed by atoms with Gasteiger partial charge in [0.05, 0.1) is 0 Å². The van der Waals surface area contributed by atoms with Crippen LogP contribution in [0.5, 0.6) is 0 Å². The van der Waals surface area contributed by atoms with E-state index < -0.39 is 9.96 Å². The molecule has 2 aromatic rings. The number of alkyl halides is 3. The second kappa shape index (κ2) is 10.2. The van der Waals surface area contributed by atoms with E-state index in [1.807, 2.05) is 42.5 Å². The molecule has 3 nitrogen and oxygen atoms in total. The summed E-state index contributed by atoms with van der Waals surface area (Å²) in [5.74, 6) is -0.120. The SMILES string of the molecule is CCCCCCCC(=O)NC(Nc1cccc2ccccc12)C(Cl)(Cl)Cl. The van der Waals surface area contributed by atoms with Gasteiger partial charge in [-0.15, -0.1) is 0 Å². The van der Waals surface area contributed by atoms with Crippen molar-refractivity contribution in [1.82, 2.24) is 5.32 Å². The summed E-state index contributed by atoms with van der Waals surface area (Å²) in [4.78, 5) is 12.3. The summed E-state index contributed by atoms with van der Waals surface area (Å²) in [6.45, 7) is 2.16. The molecule has 0 heterocycles. The maximum Gasteiger partial charge on any atom is 0.228 e. The Morgan fingerprint density at radius 2 is 1.69 bits per heavy atom. The lowest BCUT2D eigenvalue weighted by atomic mass is 10.1. The van der Waals surface area contributed by atoms with E-state index in [1.54, 1.807) is 0 Å². The van der Waals surface area contributed by atoms with Crippen LogP contribution in [0.1, 0.15) is 45.4 Å². The zero-order chi connectivity index (χ0) is 19.0. The molecule has 0 bridgehead atoms. The van der Waals surface area contributed by atoms with Crippen LogP contribution in [0.15, 0.2) is 42.5 Å². The summed E-state index contributed by atoms with van der Waals surface area (Å²) in [6.07, 6.45) is 5.01. The van der Waals surface area contributed by atoms with Gasteiger partial charge >= 0.3 is 0 Å². The van der Waals surface area contributed by atoms with Gasteiger partial charge in [-0.25, -0.2) is 0 Å². The molecule has 0 saturated carbocycles. The van der Waals surface area contributed by atoms with E-state index in [0.29, 0.717) is 6.42 Å². The Morgan fingerprint density at radius 1 is 1.00 bits per heavy atom. The van der Waals surface area contributed by atoms with Gasteiger partial charge in [-0.1, -0.05) is 104 Å². The minimum absolute atomic E-state index is 0.120. The van der Waals surface area contributed by atoms with Crippen molar-refractivity contribution >= 4 is 57.2 Å². The Kier molecular flexibility index (Phi) is 8.33. The number of fused-ring (bicyclic) bond motifs is 1. The lowest BCUT2D eigenvalue weighted by Gasteiger charge is -2.28. The highest BCUT2D eigenvalue weighted by atomic mass is 35.6. The molecule has 2 rings (SSSR count). The zero-order valence-corrected chi connectivity index (χ0v) is 17.2. The van der Waals surface area contributed by atoms with Gasteiger partial charge in [0.1, 0.15) is 6.17 Å². The largest absolute Gasteiger partial charge is 0.361 e. The average Bonchev–Trinajstić information content (AvgIpc) is 2.60. The molecule has 2 N–H and O–H groups in total. The molecular formula is C20H25Cl3N2O. The minimum atomic E-state index is -1.67. The molecule has 26 heavy (non-hydrogen) atoms. The smallest absolute Gasteiger partial charge is 0.228 e. The number of carbonyl (C=O) groups is 1. The number of unbranched alkanes of at least 4 members (excludes halogenated alkanes) is 4. The lowest BCUT2D eigenvalue weighted by molar-refractivity contribution is -0.121. The highest BCUT2D eigenvalue weighted by Gasteiger charge is 2.34. The maximum absolute atomic E-state index is 12.3. The van der Waals surface area contributed by atoms with Gasteiger partial charge in [-0.05, 0) is 17.9 Å². The molecule has 1 unspecified atom stereocenters. The fraction of sp³-hybridized carbons (Fsp3) is 0.450. The van der Waals surface area contributed by atoms with Crippen LogP contribution in [0.4, 0.5) is 5.69 Å². The standard InChI is InChI=1S/C20H25Cl3N2O/c1-2-3-4-5-6-14-18(26)25-19(20(21,22)23)24-17-13-9-11-15-10-7-8-12-16(15)17/h7-13,19,24H,2-6,14H2,1H3,(H,25,26). The van der Waals surface area contributed by atoms with Gasteiger partial charge in [0.25, 0.3) is 0 Å². The second-order valence-corrected chi connectivity index (χ2v) is 8.75. The molecule has 0 spiro atoms. The van der Waals surface area contributed by atoms with Crippen LogP contribution in [-0.4, -0.2) is 15.9 Å². The number of carbonyl (C=O) groups excluding carboxylic acids is 1. The Hall–Kier alpha value is -1.16. The highest BCUT2D eigenvalue weighted by Crippen LogP contribution is 2.33. The molecule has 0 aliphatic carbocycles. The Balaban J connectivity index is 2.02. The first-order valence-corrected chi connectivity index (χ1v) is 10.2. The fourth-order valence-corrected chi connectivity index (χ4v) is 3.16. The highest BCUT2D eigenvalue weighted by molar-refractivity contribution is 6.68. The molecule has 142 valence electrons. The molecule has 2 aromatic carbocycles. The van der Waals surface area contributed by atoms with Crippen LogP contribution in [0.2, 0.25) is 0 Å². The van der Waals surface area contributed by atoms with E-state index >= 15 is 0 Å². The van der Waals surface area contributed by atoms with E-state index in [1.165, 1.54) is 12.8 Å². The van der Waals surface area contributed by atoms with E-state index in [2.05, 4.69) is 17.6 Å². The van der Waals surface area contributed by atoms with Crippen LogP contribution in [0, 0.1) is 0 Å². The number of nitrogens with one attached hydrogen (secondary N) is 2. The van der Waals surface area contributed by atoms with Crippen molar-refractivity contribution in [3.63, 3.8) is 0 Å². The predicted octanol–water partition coefficient (Wildman–Crippen LogP) is 6.42. The van der Waals surface area contributed by atoms with Gasteiger partial charge in [0, 0.05) is 17.5 Å². The summed E-state index contributed by atoms with van der Waals surface area (Å²) in [5, 5.41) is 8.07. The molecule has 0 fully saturated rings. The predicted molar refractivity (Wildman–Crippen MR) is 113 cm³/mol. The first-order valence-electron chi connectivity index (χ1n) is 9.02. The van der Waals surface area contributed by atoms with Crippen molar-refractivity contribution in [1.29, 1.82) is 0 Å². The number of hydrogen-bond donors (Lipinski definition) is 2. The van der Waals surface area contributed by atoms with Gasteiger partial charge in [0.15, 0.2) is 0 Å². The third-order valence-electron chi connectivity index (χ3n) is 4.23. The van der Waals surface area contributed by atoms with Crippen molar-refractivity contribution in [2.75, 3.05) is 5.32 Å². The van der Waals surface area contributed by atoms with Crippen molar-refractivity contribution < 1.29 is 4.79 Å². The maximum atomic E-state index is 12.3. The third-order valence-corrected chi connectivity index (χ3v) is 4.88. The van der Waals surface area contributed by atoms with E-state index in [-0.39, 0.29) is 5.91 Å². The summed E-state index contributed by atoms with van der Waals surface area (Å²) >= 11 is 18.3. The van der Waals surface area contributed by atoms with Gasteiger partial charge in [-0.3, -0.25) is 4.79 Å². The van der Waals surface area contributed by atoms with Crippen LogP contribution >= 0.6 is 34.8 Å². The normalized spacial score (nSPS) is 12.8. The quantitative estimate of drug-likeness (QED) is 0.282. The van der Waals surface area contributed by atoms with Crippen molar-refractivity contribution in [2.45, 2.75) is 55.4 Å². The monoisotopic (exact) mass is 414 g/mol. The van der Waals surface area contributed by atoms with Gasteiger partial charge < -0.3 is 10.6 Å². The summed E-state index contributed by atoms with van der Waals surface area (Å²) in [6, 6.07) is 13.8. The molecule has 6 heteroatoms. The van der Waals surface area contributed by atoms with E-state index in [0.717, 1.165) is 35.7 Å². The summed E-state index contributed by atoms with van der Waals surface area (Å²) in [7, 11) is 0. The fourth-order valence-electron chi connectivity index (χ4n) is 2.83. The van der Waals surface area contributed by atoms with E-state index in [9.17, 15) is 4.79 Å².